The molecular weight excluding hydrogens is 428 g/mol. The van der Waals surface area contributed by atoms with Gasteiger partial charge in [0.2, 0.25) is 0 Å². The molecule has 7 heteroatoms. The number of aryl methyl sites for hydroxylation is 1. The van der Waals surface area contributed by atoms with Crippen LogP contribution >= 0.6 is 11.3 Å². The number of rotatable bonds is 5. The molecule has 4 rings (SSSR count). The first-order valence-corrected chi connectivity index (χ1v) is 12.0. The number of nitrogen functional groups attached to an aromatic ring is 1. The van der Waals surface area contributed by atoms with Crippen molar-refractivity contribution in [1.82, 2.24) is 0 Å². The Bertz CT molecular complexity index is 1410. The van der Waals surface area contributed by atoms with Crippen molar-refractivity contribution >= 4 is 49.6 Å². The maximum atomic E-state index is 12.9. The van der Waals surface area contributed by atoms with Crippen LogP contribution in [0.25, 0.3) is 28.0 Å². The Labute approximate surface area is 185 Å². The average molecular weight is 451 g/mol. The summed E-state index contributed by atoms with van der Waals surface area (Å²) >= 11 is 1.14. The third-order valence-electron chi connectivity index (χ3n) is 5.12. The number of allylic oxidation sites excluding steroid dienone is 1. The van der Waals surface area contributed by atoms with Crippen LogP contribution in [0.2, 0.25) is 0 Å². The lowest BCUT2D eigenvalue weighted by molar-refractivity contribution is 0.483. The fourth-order valence-corrected chi connectivity index (χ4v) is 5.73. The van der Waals surface area contributed by atoms with Gasteiger partial charge in [0.15, 0.2) is 0 Å². The van der Waals surface area contributed by atoms with Crippen LogP contribution in [-0.4, -0.2) is 13.5 Å². The molecule has 0 saturated carbocycles. The van der Waals surface area contributed by atoms with Gasteiger partial charge < -0.3 is 10.8 Å². The van der Waals surface area contributed by atoms with E-state index in [0.717, 1.165) is 22.5 Å². The fraction of sp³-hybridized carbons (Fsp3) is 0.0833. The minimum Gasteiger partial charge on any atom is -0.507 e. The van der Waals surface area contributed by atoms with Crippen LogP contribution in [-0.2, 0) is 10.0 Å². The number of aromatic hydroxyl groups is 1. The molecule has 0 unspecified atom stereocenters. The summed E-state index contributed by atoms with van der Waals surface area (Å²) in [4.78, 5) is 0. The zero-order chi connectivity index (χ0) is 22.2. The van der Waals surface area contributed by atoms with Crippen LogP contribution in [0, 0.1) is 6.92 Å². The molecule has 1 heterocycles. The van der Waals surface area contributed by atoms with Crippen molar-refractivity contribution < 1.29 is 13.5 Å². The zero-order valence-electron chi connectivity index (χ0n) is 17.1. The number of hydrogen-bond acceptors (Lipinski definition) is 5. The Hall–Kier alpha value is -3.29. The molecule has 0 radical (unpaired) electrons. The number of phenols is 1. The lowest BCUT2D eigenvalue weighted by atomic mass is 9.91. The predicted octanol–water partition coefficient (Wildman–Crippen LogP) is 6.00. The molecule has 0 bridgehead atoms. The molecule has 1 aromatic heterocycles. The molecule has 31 heavy (non-hydrogen) atoms. The summed E-state index contributed by atoms with van der Waals surface area (Å²) in [5.41, 5.74) is 10.2. The van der Waals surface area contributed by atoms with Crippen molar-refractivity contribution in [2.45, 2.75) is 18.1 Å². The highest BCUT2D eigenvalue weighted by Gasteiger charge is 2.21. The van der Waals surface area contributed by atoms with Gasteiger partial charge >= 0.3 is 0 Å². The zero-order valence-corrected chi connectivity index (χ0v) is 18.7. The number of nitrogens with one attached hydrogen (secondary N) is 1. The molecule has 4 aromatic rings. The van der Waals surface area contributed by atoms with Gasteiger partial charge in [0, 0.05) is 27.6 Å². The number of fused-ring (bicyclic) bond motifs is 1. The maximum absolute atomic E-state index is 12.9. The lowest BCUT2D eigenvalue weighted by Gasteiger charge is -2.18. The van der Waals surface area contributed by atoms with Crippen LogP contribution < -0.4 is 10.5 Å². The van der Waals surface area contributed by atoms with Gasteiger partial charge in [-0.05, 0) is 48.6 Å². The number of anilines is 2. The Balaban J connectivity index is 2.02. The Morgan fingerprint density at radius 3 is 2.48 bits per heavy atom. The van der Waals surface area contributed by atoms with Crippen molar-refractivity contribution in [3.8, 4) is 16.9 Å². The minimum atomic E-state index is -3.77. The topological polar surface area (TPSA) is 92.4 Å². The molecule has 0 amide bonds. The van der Waals surface area contributed by atoms with Crippen LogP contribution in [0.5, 0.6) is 5.75 Å². The Morgan fingerprint density at radius 1 is 1.06 bits per heavy atom. The highest BCUT2D eigenvalue weighted by atomic mass is 32.2. The van der Waals surface area contributed by atoms with Gasteiger partial charge in [-0.15, -0.1) is 11.3 Å². The van der Waals surface area contributed by atoms with Gasteiger partial charge in [-0.2, -0.15) is 0 Å². The Kier molecular flexibility index (Phi) is 5.47. The summed E-state index contributed by atoms with van der Waals surface area (Å²) in [7, 11) is -3.77. The number of benzene rings is 3. The normalized spacial score (nSPS) is 11.9. The standard InChI is InChI=1S/C24H22N2O3S2/c1-3-7-16-15(2)11-12-20(25)23(16)19-14-21(17-8-4-5-9-18(17)24(19)27)26-31(28,29)22-10-6-13-30-22/h3-14,26-27H,25H2,1-2H3/b7-3-. The van der Waals surface area contributed by atoms with E-state index in [9.17, 15) is 13.5 Å². The van der Waals surface area contributed by atoms with Crippen molar-refractivity contribution in [1.29, 1.82) is 0 Å². The highest BCUT2D eigenvalue weighted by molar-refractivity contribution is 7.94. The third-order valence-corrected chi connectivity index (χ3v) is 7.88. The third kappa shape index (κ3) is 3.78. The number of sulfonamides is 1. The summed E-state index contributed by atoms with van der Waals surface area (Å²) < 4.78 is 28.8. The number of hydrogen-bond donors (Lipinski definition) is 3. The second-order valence-corrected chi connectivity index (χ2v) is 10.0. The Morgan fingerprint density at radius 2 is 1.81 bits per heavy atom. The molecule has 4 N–H and O–H groups in total. The lowest BCUT2D eigenvalue weighted by Crippen LogP contribution is -2.12. The van der Waals surface area contributed by atoms with Gasteiger partial charge in [0.05, 0.1) is 5.69 Å². The van der Waals surface area contributed by atoms with E-state index in [2.05, 4.69) is 4.72 Å². The first kappa shape index (κ1) is 21.0. The predicted molar refractivity (Wildman–Crippen MR) is 130 cm³/mol. The average Bonchev–Trinajstić information content (AvgIpc) is 3.30. The first-order chi connectivity index (χ1) is 14.8. The molecule has 5 nitrogen and oxygen atoms in total. The summed E-state index contributed by atoms with van der Waals surface area (Å²) in [6.45, 7) is 3.88. The van der Waals surface area contributed by atoms with Gasteiger partial charge in [0.1, 0.15) is 9.96 Å². The van der Waals surface area contributed by atoms with Crippen LogP contribution in [0.4, 0.5) is 11.4 Å². The molecule has 158 valence electrons. The van der Waals surface area contributed by atoms with E-state index >= 15 is 0 Å². The smallest absolute Gasteiger partial charge is 0.271 e. The van der Waals surface area contributed by atoms with Crippen LogP contribution in [0.15, 0.2) is 70.3 Å². The van der Waals surface area contributed by atoms with Gasteiger partial charge in [-0.3, -0.25) is 4.72 Å². The monoisotopic (exact) mass is 450 g/mol. The minimum absolute atomic E-state index is 0.0534. The molecule has 3 aromatic carbocycles. The molecule has 0 spiro atoms. The SMILES string of the molecule is C/C=C\c1c(C)ccc(N)c1-c1cc(NS(=O)(=O)c2cccs2)c2ccccc2c1O. The van der Waals surface area contributed by atoms with Crippen molar-refractivity contribution in [3.63, 3.8) is 0 Å². The molecule has 0 aliphatic rings. The van der Waals surface area contributed by atoms with Crippen LogP contribution in [0.1, 0.15) is 18.1 Å². The van der Waals surface area contributed by atoms with Gasteiger partial charge in [0.25, 0.3) is 10.0 Å². The molecule has 0 aliphatic heterocycles. The van der Waals surface area contributed by atoms with Gasteiger partial charge in [-0.25, -0.2) is 8.42 Å². The van der Waals surface area contributed by atoms with E-state index < -0.39 is 10.0 Å². The molecule has 0 aliphatic carbocycles. The quantitative estimate of drug-likeness (QED) is 0.257. The number of nitrogens with two attached hydrogens (primary N) is 1. The van der Waals surface area contributed by atoms with Crippen molar-refractivity contribution in [2.75, 3.05) is 10.5 Å². The first-order valence-electron chi connectivity index (χ1n) is 9.66. The molecule has 0 fully saturated rings. The van der Waals surface area contributed by atoms with E-state index in [1.54, 1.807) is 53.9 Å². The number of thiophene rings is 1. The largest absolute Gasteiger partial charge is 0.507 e. The van der Waals surface area contributed by atoms with Crippen molar-refractivity contribution in [2.24, 2.45) is 0 Å². The fourth-order valence-electron chi connectivity index (χ4n) is 3.67. The molecular formula is C24H22N2O3S2. The summed E-state index contributed by atoms with van der Waals surface area (Å²) in [5.74, 6) is 0.0534. The van der Waals surface area contributed by atoms with E-state index in [4.69, 9.17) is 5.73 Å². The second kappa shape index (κ2) is 8.09. The summed E-state index contributed by atoms with van der Waals surface area (Å²) in [6.07, 6.45) is 3.84. The second-order valence-electron chi connectivity index (χ2n) is 7.16. The molecule has 0 atom stereocenters. The highest BCUT2D eigenvalue weighted by Crippen LogP contribution is 2.44. The number of phenolic OH excluding ortho intramolecular Hbond substituents is 1. The maximum Gasteiger partial charge on any atom is 0.271 e. The van der Waals surface area contributed by atoms with Crippen molar-refractivity contribution in [3.05, 3.63) is 77.2 Å². The van der Waals surface area contributed by atoms with E-state index in [0.29, 0.717) is 33.3 Å². The van der Waals surface area contributed by atoms with E-state index in [1.807, 2.05) is 32.1 Å². The van der Waals surface area contributed by atoms with E-state index in [-0.39, 0.29) is 9.96 Å². The summed E-state index contributed by atoms with van der Waals surface area (Å²) in [6, 6.07) is 15.8. The van der Waals surface area contributed by atoms with Gasteiger partial charge in [-0.1, -0.05) is 48.6 Å². The molecule has 0 saturated heterocycles. The van der Waals surface area contributed by atoms with E-state index in [1.165, 1.54) is 0 Å². The summed E-state index contributed by atoms with van der Waals surface area (Å²) in [5, 5.41) is 14.0. The van der Waals surface area contributed by atoms with Crippen LogP contribution in [0.3, 0.4) is 0 Å².